The molecule has 2 rings (SSSR count). The molecular formula is C12H12N2O2. The Morgan fingerprint density at radius 1 is 1.44 bits per heavy atom. The molecule has 0 amide bonds. The number of nitrogens with zero attached hydrogens (tertiary/aromatic N) is 1. The van der Waals surface area contributed by atoms with Gasteiger partial charge in [-0.2, -0.15) is 5.10 Å². The highest BCUT2D eigenvalue weighted by Gasteiger charge is 2.11. The Labute approximate surface area is 93.3 Å². The molecule has 0 aliphatic heterocycles. The molecule has 82 valence electrons. The van der Waals surface area contributed by atoms with E-state index in [1.807, 2.05) is 25.1 Å². The van der Waals surface area contributed by atoms with Gasteiger partial charge >= 0.3 is 0 Å². The highest BCUT2D eigenvalue weighted by atomic mass is 16.5. The minimum atomic E-state index is 0.531. The summed E-state index contributed by atoms with van der Waals surface area (Å²) in [4.78, 5) is 10.8. The molecule has 4 nitrogen and oxygen atoms in total. The zero-order chi connectivity index (χ0) is 11.5. The monoisotopic (exact) mass is 216 g/mol. The van der Waals surface area contributed by atoms with Crippen LogP contribution in [-0.4, -0.2) is 23.6 Å². The number of hydrogen-bond donors (Lipinski definition) is 1. The molecular weight excluding hydrogens is 204 g/mol. The maximum absolute atomic E-state index is 10.8. The lowest BCUT2D eigenvalue weighted by atomic mass is 10.1. The largest absolute Gasteiger partial charge is 0.496 e. The van der Waals surface area contributed by atoms with Gasteiger partial charge in [0.2, 0.25) is 0 Å². The smallest absolute Gasteiger partial charge is 0.153 e. The van der Waals surface area contributed by atoms with Crippen LogP contribution in [0.3, 0.4) is 0 Å². The molecule has 0 bridgehead atoms. The van der Waals surface area contributed by atoms with Gasteiger partial charge in [0.25, 0.3) is 0 Å². The number of methoxy groups -OCH3 is 1. The van der Waals surface area contributed by atoms with Gasteiger partial charge in [0.15, 0.2) is 6.29 Å². The molecule has 16 heavy (non-hydrogen) atoms. The first-order chi connectivity index (χ1) is 7.76. The molecule has 0 aliphatic rings. The third-order valence-electron chi connectivity index (χ3n) is 2.42. The first kappa shape index (κ1) is 10.4. The van der Waals surface area contributed by atoms with E-state index in [0.717, 1.165) is 23.2 Å². The Morgan fingerprint density at radius 3 is 2.94 bits per heavy atom. The van der Waals surface area contributed by atoms with E-state index in [4.69, 9.17) is 4.74 Å². The van der Waals surface area contributed by atoms with Crippen LogP contribution < -0.4 is 4.74 Å². The van der Waals surface area contributed by atoms with Gasteiger partial charge in [0.05, 0.1) is 24.6 Å². The van der Waals surface area contributed by atoms with Crippen molar-refractivity contribution in [3.8, 4) is 17.0 Å². The number of carbonyl (C=O) groups excluding carboxylic acids is 1. The summed E-state index contributed by atoms with van der Waals surface area (Å²) >= 11 is 0. The summed E-state index contributed by atoms with van der Waals surface area (Å²) in [5, 5.41) is 6.68. The lowest BCUT2D eigenvalue weighted by Gasteiger charge is -2.08. The Balaban J connectivity index is 2.62. The molecule has 2 aromatic rings. The average Bonchev–Trinajstić information content (AvgIpc) is 2.76. The third kappa shape index (κ3) is 1.69. The predicted molar refractivity (Wildman–Crippen MR) is 60.7 cm³/mol. The van der Waals surface area contributed by atoms with Gasteiger partial charge in [-0.25, -0.2) is 0 Å². The van der Waals surface area contributed by atoms with Crippen LogP contribution in [0.2, 0.25) is 0 Å². The fourth-order valence-corrected chi connectivity index (χ4v) is 1.62. The van der Waals surface area contributed by atoms with Crippen molar-refractivity contribution >= 4 is 6.29 Å². The summed E-state index contributed by atoms with van der Waals surface area (Å²) in [6.45, 7) is 1.99. The number of nitrogens with one attached hydrogen (secondary N) is 1. The van der Waals surface area contributed by atoms with E-state index in [0.29, 0.717) is 11.3 Å². The number of hydrogen-bond acceptors (Lipinski definition) is 3. The van der Waals surface area contributed by atoms with Gasteiger partial charge in [0, 0.05) is 5.56 Å². The lowest BCUT2D eigenvalue weighted by molar-refractivity contribution is 0.112. The van der Waals surface area contributed by atoms with Crippen molar-refractivity contribution in [2.24, 2.45) is 0 Å². The van der Waals surface area contributed by atoms with Crippen molar-refractivity contribution in [1.29, 1.82) is 0 Å². The van der Waals surface area contributed by atoms with Crippen molar-refractivity contribution < 1.29 is 9.53 Å². The van der Waals surface area contributed by atoms with E-state index in [-0.39, 0.29) is 0 Å². The Hall–Kier alpha value is -2.10. The van der Waals surface area contributed by atoms with Crippen LogP contribution in [0.15, 0.2) is 24.4 Å². The highest BCUT2D eigenvalue weighted by Crippen LogP contribution is 2.30. The second-order valence-electron chi connectivity index (χ2n) is 3.52. The summed E-state index contributed by atoms with van der Waals surface area (Å²) in [6, 6.07) is 5.79. The average molecular weight is 216 g/mol. The van der Waals surface area contributed by atoms with E-state index >= 15 is 0 Å². The van der Waals surface area contributed by atoms with Crippen LogP contribution >= 0.6 is 0 Å². The predicted octanol–water partition coefficient (Wildman–Crippen LogP) is 2.21. The molecule has 0 saturated heterocycles. The molecule has 0 aliphatic carbocycles. The number of benzene rings is 1. The number of aromatic nitrogens is 2. The Kier molecular flexibility index (Phi) is 2.72. The van der Waals surface area contributed by atoms with Gasteiger partial charge in [-0.3, -0.25) is 9.89 Å². The number of ether oxygens (including phenoxy) is 1. The van der Waals surface area contributed by atoms with Gasteiger partial charge in [-0.15, -0.1) is 0 Å². The first-order valence-electron chi connectivity index (χ1n) is 4.90. The van der Waals surface area contributed by atoms with Crippen molar-refractivity contribution in [3.05, 3.63) is 35.5 Å². The molecule has 0 radical (unpaired) electrons. The van der Waals surface area contributed by atoms with Crippen molar-refractivity contribution in [3.63, 3.8) is 0 Å². The van der Waals surface area contributed by atoms with Gasteiger partial charge in [-0.1, -0.05) is 11.6 Å². The summed E-state index contributed by atoms with van der Waals surface area (Å²) in [5.74, 6) is 0.720. The Morgan fingerprint density at radius 2 is 2.25 bits per heavy atom. The van der Waals surface area contributed by atoms with E-state index in [2.05, 4.69) is 10.2 Å². The number of rotatable bonds is 3. The van der Waals surface area contributed by atoms with Crippen molar-refractivity contribution in [2.75, 3.05) is 7.11 Å². The molecule has 0 fully saturated rings. The van der Waals surface area contributed by atoms with Crippen LogP contribution in [0.5, 0.6) is 5.75 Å². The first-order valence-corrected chi connectivity index (χ1v) is 4.90. The standard InChI is InChI=1S/C12H12N2O2/c1-8-3-4-11(16-2)10(5-8)12-9(7-15)6-13-14-12/h3-7H,1-2H3,(H,13,14). The van der Waals surface area contributed by atoms with Gasteiger partial charge in [0.1, 0.15) is 5.75 Å². The third-order valence-corrected chi connectivity index (χ3v) is 2.42. The van der Waals surface area contributed by atoms with Crippen LogP contribution in [0.4, 0.5) is 0 Å². The number of carbonyl (C=O) groups is 1. The van der Waals surface area contributed by atoms with Crippen molar-refractivity contribution in [1.82, 2.24) is 10.2 Å². The number of aromatic amines is 1. The molecule has 0 saturated carbocycles. The van der Waals surface area contributed by atoms with Crippen molar-refractivity contribution in [2.45, 2.75) is 6.92 Å². The second kappa shape index (κ2) is 4.18. The SMILES string of the molecule is COc1ccc(C)cc1-c1[nH]ncc1C=O. The van der Waals surface area contributed by atoms with Crippen LogP contribution in [0.1, 0.15) is 15.9 Å². The zero-order valence-electron chi connectivity index (χ0n) is 9.15. The summed E-state index contributed by atoms with van der Waals surface area (Å²) in [5.41, 5.74) is 3.17. The minimum Gasteiger partial charge on any atom is -0.496 e. The highest BCUT2D eigenvalue weighted by molar-refractivity contribution is 5.87. The van der Waals surface area contributed by atoms with E-state index < -0.39 is 0 Å². The van der Waals surface area contributed by atoms with E-state index in [1.165, 1.54) is 6.20 Å². The van der Waals surface area contributed by atoms with Crippen LogP contribution in [-0.2, 0) is 0 Å². The van der Waals surface area contributed by atoms with Crippen LogP contribution in [0.25, 0.3) is 11.3 Å². The van der Waals surface area contributed by atoms with Crippen LogP contribution in [0, 0.1) is 6.92 Å². The quantitative estimate of drug-likeness (QED) is 0.800. The fourth-order valence-electron chi connectivity index (χ4n) is 1.62. The maximum Gasteiger partial charge on any atom is 0.153 e. The van der Waals surface area contributed by atoms with E-state index in [9.17, 15) is 4.79 Å². The summed E-state index contributed by atoms with van der Waals surface area (Å²) in [7, 11) is 1.60. The topological polar surface area (TPSA) is 55.0 Å². The number of aldehydes is 1. The molecule has 0 spiro atoms. The number of H-pyrrole nitrogens is 1. The molecule has 4 heteroatoms. The zero-order valence-corrected chi connectivity index (χ0v) is 9.15. The Bertz CT molecular complexity index is 517. The normalized spacial score (nSPS) is 10.1. The molecule has 0 atom stereocenters. The molecule has 1 aromatic heterocycles. The summed E-state index contributed by atoms with van der Waals surface area (Å²) < 4.78 is 5.26. The minimum absolute atomic E-state index is 0.531. The lowest BCUT2D eigenvalue weighted by Crippen LogP contribution is -1.91. The molecule has 0 unspecified atom stereocenters. The van der Waals surface area contributed by atoms with E-state index in [1.54, 1.807) is 7.11 Å². The number of aryl methyl sites for hydroxylation is 1. The summed E-state index contributed by atoms with van der Waals surface area (Å²) in [6.07, 6.45) is 2.28. The molecule has 1 N–H and O–H groups in total. The molecule has 1 heterocycles. The maximum atomic E-state index is 10.8. The van der Waals surface area contributed by atoms with Gasteiger partial charge in [-0.05, 0) is 19.1 Å². The van der Waals surface area contributed by atoms with Gasteiger partial charge < -0.3 is 4.74 Å². The second-order valence-corrected chi connectivity index (χ2v) is 3.52. The fraction of sp³-hybridized carbons (Fsp3) is 0.167. The molecule has 1 aromatic carbocycles.